The summed E-state index contributed by atoms with van der Waals surface area (Å²) >= 11 is 0. The van der Waals surface area contributed by atoms with Gasteiger partial charge in [-0.2, -0.15) is 0 Å². The quantitative estimate of drug-likeness (QED) is 0.796. The molecule has 0 saturated carbocycles. The van der Waals surface area contributed by atoms with E-state index >= 15 is 0 Å². The van der Waals surface area contributed by atoms with Crippen molar-refractivity contribution in [2.45, 2.75) is 6.92 Å². The molecule has 0 spiro atoms. The molecule has 8 nitrogen and oxygen atoms in total. The van der Waals surface area contributed by atoms with Crippen LogP contribution in [0.25, 0.3) is 0 Å². The number of amides is 2. The van der Waals surface area contributed by atoms with Crippen LogP contribution in [0.15, 0.2) is 34.9 Å². The Hall–Kier alpha value is -2.87. The molecule has 0 atom stereocenters. The zero-order valence-corrected chi connectivity index (χ0v) is 16.0. The fourth-order valence-corrected chi connectivity index (χ4v) is 3.57. The van der Waals surface area contributed by atoms with E-state index in [1.165, 1.54) is 6.26 Å². The summed E-state index contributed by atoms with van der Waals surface area (Å²) in [7, 11) is 0. The number of rotatable bonds is 3. The number of ether oxygens (including phenoxy) is 1. The third-order valence-corrected chi connectivity index (χ3v) is 5.14. The molecule has 0 bridgehead atoms. The van der Waals surface area contributed by atoms with Crippen LogP contribution in [0, 0.1) is 6.92 Å². The van der Waals surface area contributed by atoms with Gasteiger partial charge in [0.15, 0.2) is 5.76 Å². The van der Waals surface area contributed by atoms with Crippen molar-refractivity contribution in [2.75, 3.05) is 57.4 Å². The molecule has 0 radical (unpaired) electrons. The van der Waals surface area contributed by atoms with Gasteiger partial charge in [0.25, 0.3) is 11.8 Å². The van der Waals surface area contributed by atoms with Crippen LogP contribution in [-0.2, 0) is 4.74 Å². The largest absolute Gasteiger partial charge is 0.459 e. The number of anilines is 1. The number of pyridine rings is 1. The Morgan fingerprint density at radius 2 is 1.64 bits per heavy atom. The first kappa shape index (κ1) is 18.5. The molecule has 2 aromatic heterocycles. The minimum absolute atomic E-state index is 0.0140. The Kier molecular flexibility index (Phi) is 5.29. The summed E-state index contributed by atoms with van der Waals surface area (Å²) in [6, 6.07) is 7.11. The molecule has 2 aliphatic heterocycles. The van der Waals surface area contributed by atoms with Gasteiger partial charge in [-0.25, -0.2) is 4.98 Å². The minimum Gasteiger partial charge on any atom is -0.459 e. The van der Waals surface area contributed by atoms with Gasteiger partial charge < -0.3 is 23.9 Å². The number of morpholine rings is 1. The number of piperazine rings is 1. The lowest BCUT2D eigenvalue weighted by Crippen LogP contribution is -2.49. The molecule has 4 heterocycles. The number of aryl methyl sites for hydroxylation is 1. The maximum Gasteiger partial charge on any atom is 0.289 e. The number of hydrogen-bond acceptors (Lipinski definition) is 6. The lowest BCUT2D eigenvalue weighted by Gasteiger charge is -2.36. The predicted molar refractivity (Wildman–Crippen MR) is 103 cm³/mol. The molecule has 0 N–H and O–H groups in total. The predicted octanol–water partition coefficient (Wildman–Crippen LogP) is 1.42. The van der Waals surface area contributed by atoms with Crippen molar-refractivity contribution < 1.29 is 18.7 Å². The van der Waals surface area contributed by atoms with Gasteiger partial charge >= 0.3 is 0 Å². The summed E-state index contributed by atoms with van der Waals surface area (Å²) in [5.74, 6) is 0.929. The normalized spacial score (nSPS) is 17.7. The molecule has 28 heavy (non-hydrogen) atoms. The van der Waals surface area contributed by atoms with Gasteiger partial charge in [-0.3, -0.25) is 9.59 Å². The van der Waals surface area contributed by atoms with Crippen molar-refractivity contribution in [3.05, 3.63) is 47.5 Å². The average Bonchev–Trinajstić information content (AvgIpc) is 3.28. The topological polar surface area (TPSA) is 79.1 Å². The summed E-state index contributed by atoms with van der Waals surface area (Å²) in [4.78, 5) is 35.8. The van der Waals surface area contributed by atoms with Gasteiger partial charge in [0.2, 0.25) is 0 Å². The van der Waals surface area contributed by atoms with Crippen molar-refractivity contribution in [1.29, 1.82) is 0 Å². The maximum atomic E-state index is 13.0. The van der Waals surface area contributed by atoms with Crippen molar-refractivity contribution in [3.8, 4) is 0 Å². The molecular formula is C20H24N4O4. The van der Waals surface area contributed by atoms with Crippen molar-refractivity contribution in [3.63, 3.8) is 0 Å². The highest BCUT2D eigenvalue weighted by molar-refractivity contribution is 5.99. The summed E-state index contributed by atoms with van der Waals surface area (Å²) in [6.07, 6.45) is 1.50. The van der Waals surface area contributed by atoms with Crippen LogP contribution in [0.3, 0.4) is 0 Å². The molecule has 2 amide bonds. The first-order valence-corrected chi connectivity index (χ1v) is 9.56. The molecule has 0 aromatic carbocycles. The first-order valence-electron chi connectivity index (χ1n) is 9.56. The third-order valence-electron chi connectivity index (χ3n) is 5.14. The van der Waals surface area contributed by atoms with Crippen LogP contribution in [-0.4, -0.2) is 79.1 Å². The molecular weight excluding hydrogens is 360 g/mol. The second-order valence-electron chi connectivity index (χ2n) is 6.98. The van der Waals surface area contributed by atoms with Crippen LogP contribution in [0.1, 0.15) is 26.6 Å². The van der Waals surface area contributed by atoms with E-state index in [1.807, 2.05) is 24.0 Å². The second-order valence-corrected chi connectivity index (χ2v) is 6.98. The fraction of sp³-hybridized carbons (Fsp3) is 0.450. The molecule has 0 aliphatic carbocycles. The van der Waals surface area contributed by atoms with Crippen molar-refractivity contribution in [2.24, 2.45) is 0 Å². The van der Waals surface area contributed by atoms with Gasteiger partial charge in [0.05, 0.1) is 25.0 Å². The Morgan fingerprint density at radius 1 is 0.929 bits per heavy atom. The van der Waals surface area contributed by atoms with Gasteiger partial charge in [0.1, 0.15) is 5.82 Å². The second kappa shape index (κ2) is 8.02. The number of hydrogen-bond donors (Lipinski definition) is 0. The Bertz CT molecular complexity index is 838. The van der Waals surface area contributed by atoms with E-state index < -0.39 is 0 Å². The Balaban J connectivity index is 1.49. The third kappa shape index (κ3) is 3.73. The summed E-state index contributed by atoms with van der Waals surface area (Å²) in [5.41, 5.74) is 1.47. The van der Waals surface area contributed by atoms with Gasteiger partial charge in [-0.15, -0.1) is 0 Å². The summed E-state index contributed by atoms with van der Waals surface area (Å²) < 4.78 is 10.6. The van der Waals surface area contributed by atoms with E-state index in [0.717, 1.165) is 5.69 Å². The van der Waals surface area contributed by atoms with Crippen molar-refractivity contribution in [1.82, 2.24) is 14.8 Å². The van der Waals surface area contributed by atoms with Gasteiger partial charge in [-0.1, -0.05) is 0 Å². The van der Waals surface area contributed by atoms with E-state index in [1.54, 1.807) is 17.0 Å². The lowest BCUT2D eigenvalue weighted by atomic mass is 10.1. The fourth-order valence-electron chi connectivity index (χ4n) is 3.57. The average molecular weight is 384 g/mol. The number of carbonyl (C=O) groups excluding carboxylic acids is 2. The van der Waals surface area contributed by atoms with E-state index in [-0.39, 0.29) is 11.8 Å². The zero-order chi connectivity index (χ0) is 19.5. The Morgan fingerprint density at radius 3 is 2.32 bits per heavy atom. The molecule has 2 aliphatic rings. The van der Waals surface area contributed by atoms with Crippen LogP contribution >= 0.6 is 0 Å². The number of furan rings is 1. The van der Waals surface area contributed by atoms with Gasteiger partial charge in [-0.05, 0) is 31.2 Å². The standard InChI is InChI=1S/C20H24N4O4/c1-15-4-5-16(19(25)24-10-13-27-14-11-24)18(21-15)22-6-8-23(9-7-22)20(26)17-3-2-12-28-17/h2-5,12H,6-11,13-14H2,1H3. The number of nitrogens with zero attached hydrogens (tertiary/aromatic N) is 4. The Labute approximate surface area is 163 Å². The maximum absolute atomic E-state index is 13.0. The van der Waals surface area contributed by atoms with E-state index in [2.05, 4.69) is 9.88 Å². The molecule has 2 saturated heterocycles. The minimum atomic E-state index is -0.105. The van der Waals surface area contributed by atoms with Crippen LogP contribution in [0.4, 0.5) is 5.82 Å². The molecule has 0 unspecified atom stereocenters. The SMILES string of the molecule is Cc1ccc(C(=O)N2CCOCC2)c(N2CCN(C(=O)c3ccco3)CC2)n1. The number of aromatic nitrogens is 1. The van der Waals surface area contributed by atoms with E-state index in [9.17, 15) is 9.59 Å². The monoisotopic (exact) mass is 384 g/mol. The molecule has 8 heteroatoms. The van der Waals surface area contributed by atoms with Crippen LogP contribution in [0.5, 0.6) is 0 Å². The summed E-state index contributed by atoms with van der Waals surface area (Å²) in [5, 5.41) is 0. The molecule has 4 rings (SSSR count). The van der Waals surface area contributed by atoms with E-state index in [0.29, 0.717) is 69.6 Å². The smallest absolute Gasteiger partial charge is 0.289 e. The molecule has 2 fully saturated rings. The van der Waals surface area contributed by atoms with Gasteiger partial charge in [0, 0.05) is 45.0 Å². The zero-order valence-electron chi connectivity index (χ0n) is 16.0. The van der Waals surface area contributed by atoms with E-state index in [4.69, 9.17) is 9.15 Å². The summed E-state index contributed by atoms with van der Waals surface area (Å²) in [6.45, 7) is 6.58. The highest BCUT2D eigenvalue weighted by atomic mass is 16.5. The van der Waals surface area contributed by atoms with Crippen LogP contribution < -0.4 is 4.90 Å². The molecule has 2 aromatic rings. The molecule has 148 valence electrons. The highest BCUT2D eigenvalue weighted by Crippen LogP contribution is 2.23. The number of carbonyl (C=O) groups is 2. The highest BCUT2D eigenvalue weighted by Gasteiger charge is 2.28. The van der Waals surface area contributed by atoms with Crippen molar-refractivity contribution >= 4 is 17.6 Å². The first-order chi connectivity index (χ1) is 13.6. The lowest BCUT2D eigenvalue weighted by molar-refractivity contribution is 0.0303. The van der Waals surface area contributed by atoms with Crippen LogP contribution in [0.2, 0.25) is 0 Å².